The van der Waals surface area contributed by atoms with Crippen molar-refractivity contribution in [3.8, 4) is 17.2 Å². The van der Waals surface area contributed by atoms with E-state index in [9.17, 15) is 9.59 Å². The summed E-state index contributed by atoms with van der Waals surface area (Å²) in [4.78, 5) is 24.6. The highest BCUT2D eigenvalue weighted by Crippen LogP contribution is 2.35. The summed E-state index contributed by atoms with van der Waals surface area (Å²) in [6.07, 6.45) is -0.0344. The number of benzene rings is 2. The first kappa shape index (κ1) is 17.5. The van der Waals surface area contributed by atoms with E-state index in [0.717, 1.165) is 0 Å². The van der Waals surface area contributed by atoms with Crippen LogP contribution in [0.5, 0.6) is 17.2 Å². The Morgan fingerprint density at radius 3 is 2.42 bits per heavy atom. The van der Waals surface area contributed by atoms with Gasteiger partial charge >= 0.3 is 11.6 Å². The van der Waals surface area contributed by atoms with E-state index >= 15 is 0 Å². The predicted molar refractivity (Wildman–Crippen MR) is 96.2 cm³/mol. The lowest BCUT2D eigenvalue weighted by molar-refractivity contribution is 0.0731. The van der Waals surface area contributed by atoms with E-state index in [1.54, 1.807) is 48.5 Å². The zero-order valence-corrected chi connectivity index (χ0v) is 14.6. The lowest BCUT2D eigenvalue weighted by Gasteiger charge is -2.13. The normalized spacial score (nSPS) is 10.8. The second-order valence-electron chi connectivity index (χ2n) is 5.83. The lowest BCUT2D eigenvalue weighted by atomic mass is 10.2. The minimum atomic E-state index is -0.738. The van der Waals surface area contributed by atoms with E-state index in [0.29, 0.717) is 16.7 Å². The Morgan fingerprint density at radius 1 is 1.04 bits per heavy atom. The van der Waals surface area contributed by atoms with Gasteiger partial charge in [0.2, 0.25) is 5.75 Å². The second kappa shape index (κ2) is 7.31. The molecule has 0 atom stereocenters. The zero-order chi connectivity index (χ0) is 18.7. The van der Waals surface area contributed by atoms with Crippen molar-refractivity contribution in [3.05, 3.63) is 64.5 Å². The smallest absolute Gasteiger partial charge is 0.383 e. The first-order valence-corrected chi connectivity index (χ1v) is 8.08. The average molecular weight is 354 g/mol. The van der Waals surface area contributed by atoms with Crippen LogP contribution in [0.25, 0.3) is 11.0 Å². The highest BCUT2D eigenvalue weighted by Gasteiger charge is 2.21. The molecule has 134 valence electrons. The molecule has 0 unspecified atom stereocenters. The molecule has 0 N–H and O–H groups in total. The van der Waals surface area contributed by atoms with E-state index < -0.39 is 11.6 Å². The van der Waals surface area contributed by atoms with Gasteiger partial charge in [0.15, 0.2) is 5.75 Å². The second-order valence-corrected chi connectivity index (χ2v) is 5.83. The molecule has 0 amide bonds. The third-order valence-electron chi connectivity index (χ3n) is 3.57. The van der Waals surface area contributed by atoms with Gasteiger partial charge in [0.25, 0.3) is 0 Å². The van der Waals surface area contributed by atoms with Gasteiger partial charge in [0, 0.05) is 6.07 Å². The summed E-state index contributed by atoms with van der Waals surface area (Å²) in [6, 6.07) is 13.4. The molecule has 0 radical (unpaired) electrons. The topological polar surface area (TPSA) is 75.0 Å². The van der Waals surface area contributed by atoms with Gasteiger partial charge in [-0.3, -0.25) is 0 Å². The molecule has 2 aromatic carbocycles. The highest BCUT2D eigenvalue weighted by atomic mass is 16.6. The minimum Gasteiger partial charge on any atom is -0.491 e. The molecule has 0 spiro atoms. The average Bonchev–Trinajstić information content (AvgIpc) is 2.61. The number of ether oxygens (including phenoxy) is 3. The van der Waals surface area contributed by atoms with Gasteiger partial charge in [0.05, 0.1) is 24.2 Å². The first-order chi connectivity index (χ1) is 12.5. The molecule has 0 fully saturated rings. The molecule has 0 saturated heterocycles. The van der Waals surface area contributed by atoms with Gasteiger partial charge in [-0.05, 0) is 38.1 Å². The van der Waals surface area contributed by atoms with Gasteiger partial charge in [-0.15, -0.1) is 0 Å². The van der Waals surface area contributed by atoms with Crippen LogP contribution in [-0.2, 0) is 0 Å². The number of rotatable bonds is 5. The SMILES string of the molecule is COc1c(OC(=O)c2ccccc2)c2ccc(OC(C)C)cc2oc1=O. The molecular weight excluding hydrogens is 336 g/mol. The highest BCUT2D eigenvalue weighted by molar-refractivity contribution is 5.95. The molecule has 6 nitrogen and oxygen atoms in total. The van der Waals surface area contributed by atoms with Gasteiger partial charge in [-0.1, -0.05) is 18.2 Å². The van der Waals surface area contributed by atoms with E-state index in [4.69, 9.17) is 18.6 Å². The van der Waals surface area contributed by atoms with Crippen molar-refractivity contribution in [2.24, 2.45) is 0 Å². The Morgan fingerprint density at radius 2 is 1.77 bits per heavy atom. The van der Waals surface area contributed by atoms with E-state index in [2.05, 4.69) is 0 Å². The number of esters is 1. The molecule has 0 bridgehead atoms. The Hall–Kier alpha value is -3.28. The Kier molecular flexibility index (Phi) is 4.93. The molecule has 0 saturated carbocycles. The van der Waals surface area contributed by atoms with Crippen LogP contribution in [0, 0.1) is 0 Å². The monoisotopic (exact) mass is 354 g/mol. The van der Waals surface area contributed by atoms with Gasteiger partial charge < -0.3 is 18.6 Å². The molecule has 0 aliphatic rings. The van der Waals surface area contributed by atoms with Crippen molar-refractivity contribution in [2.75, 3.05) is 7.11 Å². The summed E-state index contributed by atoms with van der Waals surface area (Å²) < 4.78 is 21.5. The van der Waals surface area contributed by atoms with Crippen LogP contribution in [0.4, 0.5) is 0 Å². The molecule has 3 aromatic rings. The molecule has 3 rings (SSSR count). The number of carbonyl (C=O) groups excluding carboxylic acids is 1. The van der Waals surface area contributed by atoms with Crippen molar-refractivity contribution < 1.29 is 23.4 Å². The van der Waals surface area contributed by atoms with Crippen LogP contribution in [0.1, 0.15) is 24.2 Å². The van der Waals surface area contributed by atoms with E-state index in [1.165, 1.54) is 7.11 Å². The maximum absolute atomic E-state index is 12.4. The summed E-state index contributed by atoms with van der Waals surface area (Å²) in [5, 5.41) is 0.432. The van der Waals surface area contributed by atoms with Crippen molar-refractivity contribution in [3.63, 3.8) is 0 Å². The lowest BCUT2D eigenvalue weighted by Crippen LogP contribution is -2.13. The summed E-state index contributed by atoms with van der Waals surface area (Å²) in [6.45, 7) is 3.78. The van der Waals surface area contributed by atoms with Crippen molar-refractivity contribution in [2.45, 2.75) is 20.0 Å². The molecule has 1 aromatic heterocycles. The van der Waals surface area contributed by atoms with E-state index in [-0.39, 0.29) is 23.2 Å². The maximum atomic E-state index is 12.4. The van der Waals surface area contributed by atoms with Crippen LogP contribution >= 0.6 is 0 Å². The summed E-state index contributed by atoms with van der Waals surface area (Å²) in [7, 11) is 1.31. The molecule has 26 heavy (non-hydrogen) atoms. The molecule has 0 aliphatic carbocycles. The third-order valence-corrected chi connectivity index (χ3v) is 3.57. The fourth-order valence-electron chi connectivity index (χ4n) is 2.48. The third kappa shape index (κ3) is 3.54. The molecular formula is C20H18O6. The standard InChI is InChI=1S/C20H18O6/c1-12(2)24-14-9-10-15-16(11-14)25-20(22)18(23-3)17(15)26-19(21)13-7-5-4-6-8-13/h4-12H,1-3H3. The van der Waals surface area contributed by atoms with Crippen molar-refractivity contribution in [1.82, 2.24) is 0 Å². The van der Waals surface area contributed by atoms with Gasteiger partial charge in [0.1, 0.15) is 11.3 Å². The van der Waals surface area contributed by atoms with Gasteiger partial charge in [-0.2, -0.15) is 0 Å². The minimum absolute atomic E-state index is 0.0173. The number of carbonyl (C=O) groups is 1. The number of methoxy groups -OCH3 is 1. The number of hydrogen-bond donors (Lipinski definition) is 0. The zero-order valence-electron chi connectivity index (χ0n) is 14.6. The summed E-state index contributed by atoms with van der Waals surface area (Å²) in [5.41, 5.74) is -0.141. The number of fused-ring (bicyclic) bond motifs is 1. The van der Waals surface area contributed by atoms with Crippen molar-refractivity contribution in [1.29, 1.82) is 0 Å². The molecule has 0 aliphatic heterocycles. The Labute approximate surface area is 149 Å². The fraction of sp³-hybridized carbons (Fsp3) is 0.200. The quantitative estimate of drug-likeness (QED) is 0.512. The fourth-order valence-corrected chi connectivity index (χ4v) is 2.48. The first-order valence-electron chi connectivity index (χ1n) is 8.08. The van der Waals surface area contributed by atoms with Crippen LogP contribution in [-0.4, -0.2) is 19.2 Å². The molecule has 1 heterocycles. The summed E-state index contributed by atoms with van der Waals surface area (Å²) in [5.74, 6) is -0.206. The Balaban J connectivity index is 2.09. The number of hydrogen-bond acceptors (Lipinski definition) is 6. The van der Waals surface area contributed by atoms with Gasteiger partial charge in [-0.25, -0.2) is 9.59 Å². The molecule has 6 heteroatoms. The summed E-state index contributed by atoms with van der Waals surface area (Å²) >= 11 is 0. The van der Waals surface area contributed by atoms with Crippen LogP contribution in [0.3, 0.4) is 0 Å². The van der Waals surface area contributed by atoms with E-state index in [1.807, 2.05) is 13.8 Å². The Bertz CT molecular complexity index is 988. The van der Waals surface area contributed by atoms with Crippen molar-refractivity contribution >= 4 is 16.9 Å². The maximum Gasteiger partial charge on any atom is 0.383 e. The van der Waals surface area contributed by atoms with Crippen LogP contribution < -0.4 is 19.8 Å². The largest absolute Gasteiger partial charge is 0.491 e. The van der Waals surface area contributed by atoms with Crippen LogP contribution in [0.15, 0.2) is 57.7 Å². The van der Waals surface area contributed by atoms with Crippen LogP contribution in [0.2, 0.25) is 0 Å². The predicted octanol–water partition coefficient (Wildman–Crippen LogP) is 3.81.